The summed E-state index contributed by atoms with van der Waals surface area (Å²) in [6, 6.07) is 3.53. The largest absolute Gasteiger partial charge is 0.450 e. The molecule has 2 aromatic rings. The Labute approximate surface area is 125 Å². The van der Waals surface area contributed by atoms with E-state index in [9.17, 15) is 4.79 Å². The van der Waals surface area contributed by atoms with Crippen molar-refractivity contribution in [3.8, 4) is 0 Å². The Morgan fingerprint density at radius 1 is 1.47 bits per heavy atom. The summed E-state index contributed by atoms with van der Waals surface area (Å²) in [5.41, 5.74) is 0. The van der Waals surface area contributed by atoms with Gasteiger partial charge in [0, 0.05) is 11.6 Å². The molecule has 2 aromatic heterocycles. The van der Waals surface area contributed by atoms with Crippen molar-refractivity contribution in [1.82, 2.24) is 4.98 Å². The molecular formula is C12H7BrN2O2S2. The van der Waals surface area contributed by atoms with Gasteiger partial charge in [0.1, 0.15) is 16.7 Å². The van der Waals surface area contributed by atoms with E-state index in [2.05, 4.69) is 20.9 Å². The van der Waals surface area contributed by atoms with Gasteiger partial charge in [0.05, 0.1) is 9.95 Å². The summed E-state index contributed by atoms with van der Waals surface area (Å²) in [6.07, 6.45) is 3.32. The number of furan rings is 1. The first kappa shape index (κ1) is 12.8. The molecule has 3 rings (SSSR count). The number of carbonyl (C=O) groups excluding carboxylic acids is 1. The van der Waals surface area contributed by atoms with Crippen LogP contribution in [-0.2, 0) is 4.79 Å². The number of aromatic nitrogens is 1. The maximum Gasteiger partial charge on any atom is 0.186 e. The number of hydrogen-bond acceptors (Lipinski definition) is 6. The second-order valence-corrected chi connectivity index (χ2v) is 6.58. The molecule has 0 aliphatic carbocycles. The van der Waals surface area contributed by atoms with Crippen molar-refractivity contribution < 1.29 is 9.21 Å². The van der Waals surface area contributed by atoms with Crippen molar-refractivity contribution in [2.75, 3.05) is 0 Å². The molecule has 1 atom stereocenters. The zero-order valence-corrected chi connectivity index (χ0v) is 12.6. The number of allylic oxidation sites excluding steroid dienone is 1. The zero-order valence-electron chi connectivity index (χ0n) is 9.42. The standard InChI is InChI=1S/C12H7BrN2O2S2/c13-8-2-1-6(17-8)5-7-10(16)9(11(14)19-7)12-15-3-4-18-12/h1-5,9,14H. The third-order valence-corrected chi connectivity index (χ3v) is 4.81. The lowest BCUT2D eigenvalue weighted by atomic mass is 10.1. The van der Waals surface area contributed by atoms with Gasteiger partial charge in [0.2, 0.25) is 0 Å². The van der Waals surface area contributed by atoms with E-state index >= 15 is 0 Å². The van der Waals surface area contributed by atoms with Gasteiger partial charge in [-0.3, -0.25) is 10.2 Å². The topological polar surface area (TPSA) is 67.0 Å². The van der Waals surface area contributed by atoms with Gasteiger partial charge in [0.25, 0.3) is 0 Å². The number of carbonyl (C=O) groups is 1. The van der Waals surface area contributed by atoms with Crippen LogP contribution in [0.15, 0.2) is 37.7 Å². The molecule has 19 heavy (non-hydrogen) atoms. The van der Waals surface area contributed by atoms with Gasteiger partial charge < -0.3 is 4.42 Å². The minimum Gasteiger partial charge on any atom is -0.450 e. The van der Waals surface area contributed by atoms with E-state index in [1.807, 2.05) is 5.38 Å². The Morgan fingerprint density at radius 2 is 2.32 bits per heavy atom. The van der Waals surface area contributed by atoms with Crippen LogP contribution in [0.2, 0.25) is 0 Å². The molecule has 1 fully saturated rings. The molecule has 0 bridgehead atoms. The van der Waals surface area contributed by atoms with Crippen LogP contribution in [0.3, 0.4) is 0 Å². The van der Waals surface area contributed by atoms with Crippen LogP contribution >= 0.6 is 39.0 Å². The number of thiazole rings is 1. The lowest BCUT2D eigenvalue weighted by Crippen LogP contribution is -2.11. The third-order valence-electron chi connectivity index (χ3n) is 2.55. The molecule has 7 heteroatoms. The molecule has 1 aliphatic heterocycles. The summed E-state index contributed by atoms with van der Waals surface area (Å²) in [6.45, 7) is 0. The fraction of sp³-hybridized carbons (Fsp3) is 0.0833. The molecule has 3 heterocycles. The minimum absolute atomic E-state index is 0.0857. The van der Waals surface area contributed by atoms with Gasteiger partial charge in [-0.1, -0.05) is 11.8 Å². The van der Waals surface area contributed by atoms with E-state index in [-0.39, 0.29) is 5.78 Å². The number of nitrogens with one attached hydrogen (secondary N) is 1. The molecular weight excluding hydrogens is 348 g/mol. The van der Waals surface area contributed by atoms with Gasteiger partial charge in [-0.25, -0.2) is 4.98 Å². The highest BCUT2D eigenvalue weighted by Crippen LogP contribution is 2.41. The minimum atomic E-state index is -0.547. The van der Waals surface area contributed by atoms with Gasteiger partial charge in [-0.15, -0.1) is 11.3 Å². The first-order valence-corrected chi connectivity index (χ1v) is 7.81. The summed E-state index contributed by atoms with van der Waals surface area (Å²) in [4.78, 5) is 17.0. The molecule has 4 nitrogen and oxygen atoms in total. The number of Topliss-reactive ketones (excluding diaryl/α,β-unsaturated/α-hetero) is 1. The first-order chi connectivity index (χ1) is 9.15. The summed E-state index contributed by atoms with van der Waals surface area (Å²) < 4.78 is 5.96. The van der Waals surface area contributed by atoms with Crippen LogP contribution in [0.4, 0.5) is 0 Å². The van der Waals surface area contributed by atoms with Crippen LogP contribution in [0.1, 0.15) is 16.7 Å². The predicted molar refractivity (Wildman–Crippen MR) is 79.6 cm³/mol. The van der Waals surface area contributed by atoms with Gasteiger partial charge in [-0.05, 0) is 34.1 Å². The fourth-order valence-electron chi connectivity index (χ4n) is 1.73. The fourth-order valence-corrected chi connectivity index (χ4v) is 3.83. The molecule has 0 radical (unpaired) electrons. The number of ketones is 1. The van der Waals surface area contributed by atoms with Crippen molar-refractivity contribution >= 4 is 55.9 Å². The highest BCUT2D eigenvalue weighted by molar-refractivity contribution is 9.10. The Balaban J connectivity index is 1.93. The Morgan fingerprint density at radius 3 is 2.95 bits per heavy atom. The van der Waals surface area contributed by atoms with Crippen LogP contribution in [0.25, 0.3) is 6.08 Å². The van der Waals surface area contributed by atoms with Gasteiger partial charge in [0.15, 0.2) is 10.5 Å². The SMILES string of the molecule is N=C1SC(=Cc2ccc(Br)o2)C(=O)C1c1nccs1. The van der Waals surface area contributed by atoms with Crippen molar-refractivity contribution in [2.24, 2.45) is 0 Å². The summed E-state index contributed by atoms with van der Waals surface area (Å²) >= 11 is 5.78. The second kappa shape index (κ2) is 5.07. The molecule has 96 valence electrons. The van der Waals surface area contributed by atoms with E-state index in [0.717, 1.165) is 0 Å². The molecule has 0 saturated carbocycles. The molecule has 0 spiro atoms. The number of hydrogen-bond donors (Lipinski definition) is 1. The maximum atomic E-state index is 12.3. The first-order valence-electron chi connectivity index (χ1n) is 5.32. The average molecular weight is 355 g/mol. The van der Waals surface area contributed by atoms with E-state index in [0.29, 0.717) is 25.4 Å². The van der Waals surface area contributed by atoms with E-state index < -0.39 is 5.92 Å². The van der Waals surface area contributed by atoms with Crippen molar-refractivity contribution in [3.63, 3.8) is 0 Å². The molecule has 1 saturated heterocycles. The average Bonchev–Trinajstić information content (AvgIpc) is 3.04. The normalized spacial score (nSPS) is 21.5. The van der Waals surface area contributed by atoms with Crippen LogP contribution < -0.4 is 0 Å². The van der Waals surface area contributed by atoms with E-state index in [4.69, 9.17) is 9.83 Å². The number of rotatable bonds is 2. The van der Waals surface area contributed by atoms with Gasteiger partial charge in [-0.2, -0.15) is 0 Å². The monoisotopic (exact) mass is 354 g/mol. The molecule has 0 aromatic carbocycles. The van der Waals surface area contributed by atoms with Crippen LogP contribution in [0.5, 0.6) is 0 Å². The quantitative estimate of drug-likeness (QED) is 0.830. The number of nitrogens with zero attached hydrogens (tertiary/aromatic N) is 1. The maximum absolute atomic E-state index is 12.3. The van der Waals surface area contributed by atoms with Gasteiger partial charge >= 0.3 is 0 Å². The molecule has 0 amide bonds. The lowest BCUT2D eigenvalue weighted by Gasteiger charge is -2.01. The molecule has 1 unspecified atom stereocenters. The molecule has 1 aliphatic rings. The van der Waals surface area contributed by atoms with Crippen molar-refractivity contribution in [3.05, 3.63) is 44.1 Å². The summed E-state index contributed by atoms with van der Waals surface area (Å²) in [5, 5.41) is 10.7. The Kier molecular flexibility index (Phi) is 3.42. The lowest BCUT2D eigenvalue weighted by molar-refractivity contribution is -0.114. The van der Waals surface area contributed by atoms with Crippen molar-refractivity contribution in [2.45, 2.75) is 5.92 Å². The Hall–Kier alpha value is -1.18. The van der Waals surface area contributed by atoms with E-state index in [1.54, 1.807) is 24.4 Å². The van der Waals surface area contributed by atoms with Crippen LogP contribution in [-0.4, -0.2) is 15.8 Å². The summed E-state index contributed by atoms with van der Waals surface area (Å²) in [7, 11) is 0. The summed E-state index contributed by atoms with van der Waals surface area (Å²) in [5.74, 6) is -0.0394. The smallest absolute Gasteiger partial charge is 0.186 e. The number of halogens is 1. The van der Waals surface area contributed by atoms with E-state index in [1.165, 1.54) is 23.1 Å². The zero-order chi connectivity index (χ0) is 13.4. The molecule has 1 N–H and O–H groups in total. The second-order valence-electron chi connectivity index (χ2n) is 3.78. The highest BCUT2D eigenvalue weighted by Gasteiger charge is 2.38. The predicted octanol–water partition coefficient (Wildman–Crippen LogP) is 3.92. The van der Waals surface area contributed by atoms with Crippen LogP contribution in [0, 0.1) is 5.41 Å². The Bertz CT molecular complexity index is 676. The highest BCUT2D eigenvalue weighted by atomic mass is 79.9. The number of thioether (sulfide) groups is 1. The third kappa shape index (κ3) is 2.45. The van der Waals surface area contributed by atoms with Crippen molar-refractivity contribution in [1.29, 1.82) is 5.41 Å².